The summed E-state index contributed by atoms with van der Waals surface area (Å²) < 4.78 is 32.4. The molecule has 1 heterocycles. The normalized spacial score (nSPS) is 15.1. The molecule has 1 fully saturated rings. The lowest BCUT2D eigenvalue weighted by Crippen LogP contribution is -2.15. The van der Waals surface area contributed by atoms with Gasteiger partial charge in [-0.05, 0) is 44.0 Å². The molecule has 0 atom stereocenters. The zero-order valence-corrected chi connectivity index (χ0v) is 12.6. The smallest absolute Gasteiger partial charge is 0.295 e. The first-order valence-electron chi connectivity index (χ1n) is 6.94. The molecular weight excluding hydrogens is 288 g/mol. The van der Waals surface area contributed by atoms with Crippen LogP contribution < -0.4 is 10.0 Å². The molecule has 0 spiro atoms. The van der Waals surface area contributed by atoms with Crippen LogP contribution in [0.2, 0.25) is 0 Å². The van der Waals surface area contributed by atoms with Crippen molar-refractivity contribution in [1.29, 1.82) is 0 Å². The highest BCUT2D eigenvalue weighted by molar-refractivity contribution is 7.92. The van der Waals surface area contributed by atoms with Crippen LogP contribution in [0.5, 0.6) is 0 Å². The monoisotopic (exact) mass is 306 g/mol. The zero-order chi connectivity index (χ0) is 14.9. The van der Waals surface area contributed by atoms with E-state index in [0.29, 0.717) is 24.0 Å². The molecule has 6 heteroatoms. The highest BCUT2D eigenvalue weighted by Gasteiger charge is 2.22. The first-order chi connectivity index (χ1) is 10.0. The van der Waals surface area contributed by atoms with Crippen LogP contribution in [0, 0.1) is 6.92 Å². The Morgan fingerprint density at radius 3 is 2.52 bits per heavy atom. The van der Waals surface area contributed by atoms with Gasteiger partial charge in [-0.3, -0.25) is 4.72 Å². The Morgan fingerprint density at radius 2 is 1.86 bits per heavy atom. The Kier molecular flexibility index (Phi) is 3.73. The third kappa shape index (κ3) is 3.65. The van der Waals surface area contributed by atoms with E-state index in [9.17, 15) is 8.42 Å². The molecule has 1 aromatic heterocycles. The van der Waals surface area contributed by atoms with E-state index in [0.717, 1.165) is 5.56 Å². The Bertz CT molecular complexity index is 716. The molecule has 112 valence electrons. The van der Waals surface area contributed by atoms with Gasteiger partial charge >= 0.3 is 0 Å². The van der Waals surface area contributed by atoms with Gasteiger partial charge in [0, 0.05) is 11.7 Å². The minimum Gasteiger partial charge on any atom is -0.446 e. The number of hydrogen-bond acceptors (Lipinski definition) is 4. The molecule has 3 rings (SSSR count). The molecule has 0 unspecified atom stereocenters. The van der Waals surface area contributed by atoms with E-state index in [-0.39, 0.29) is 5.09 Å². The molecule has 1 aliphatic carbocycles. The number of furan rings is 1. The summed E-state index contributed by atoms with van der Waals surface area (Å²) in [6.45, 7) is 2.51. The summed E-state index contributed by atoms with van der Waals surface area (Å²) in [7, 11) is -3.67. The number of benzene rings is 1. The lowest BCUT2D eigenvalue weighted by Gasteiger charge is -2.06. The summed E-state index contributed by atoms with van der Waals surface area (Å²) in [5.74, 6) is 0.631. The van der Waals surface area contributed by atoms with Gasteiger partial charge in [0.05, 0.1) is 6.54 Å². The summed E-state index contributed by atoms with van der Waals surface area (Å²) in [6, 6.07) is 10.9. The van der Waals surface area contributed by atoms with Crippen LogP contribution in [0.15, 0.2) is 45.9 Å². The van der Waals surface area contributed by atoms with Crippen LogP contribution >= 0.6 is 0 Å². The topological polar surface area (TPSA) is 71.3 Å². The number of aryl methyl sites for hydroxylation is 1. The summed E-state index contributed by atoms with van der Waals surface area (Å²) in [4.78, 5) is 0. The molecule has 5 nitrogen and oxygen atoms in total. The Balaban J connectivity index is 1.69. The van der Waals surface area contributed by atoms with Gasteiger partial charge in [0.1, 0.15) is 5.76 Å². The van der Waals surface area contributed by atoms with Crippen LogP contribution in [0.3, 0.4) is 0 Å². The van der Waals surface area contributed by atoms with Crippen molar-refractivity contribution in [2.75, 3.05) is 4.72 Å². The predicted octanol–water partition coefficient (Wildman–Crippen LogP) is 2.64. The molecule has 0 radical (unpaired) electrons. The lowest BCUT2D eigenvalue weighted by atomic mass is 10.2. The molecule has 2 N–H and O–H groups in total. The number of rotatable bonds is 6. The second kappa shape index (κ2) is 5.54. The third-order valence-electron chi connectivity index (χ3n) is 3.35. The van der Waals surface area contributed by atoms with Crippen molar-refractivity contribution in [3.63, 3.8) is 0 Å². The Hall–Kier alpha value is -1.79. The van der Waals surface area contributed by atoms with Crippen molar-refractivity contribution in [2.45, 2.75) is 37.4 Å². The molecule has 0 bridgehead atoms. The molecule has 0 saturated heterocycles. The third-order valence-corrected chi connectivity index (χ3v) is 4.60. The first kappa shape index (κ1) is 14.2. The lowest BCUT2D eigenvalue weighted by molar-refractivity contribution is 0.403. The standard InChI is InChI=1S/C15H18N2O3S/c1-11-2-4-13(5-3-11)17-21(18,19)15-9-8-14(20-15)10-16-12-6-7-12/h2-5,8-9,12,16-17H,6-7,10H2,1H3. The minimum absolute atomic E-state index is 0.0596. The van der Waals surface area contributed by atoms with Crippen molar-refractivity contribution < 1.29 is 12.8 Å². The van der Waals surface area contributed by atoms with Crippen molar-refractivity contribution in [1.82, 2.24) is 5.32 Å². The van der Waals surface area contributed by atoms with E-state index >= 15 is 0 Å². The SMILES string of the molecule is Cc1ccc(NS(=O)(=O)c2ccc(CNC3CC3)o2)cc1. The van der Waals surface area contributed by atoms with Gasteiger partial charge in [-0.2, -0.15) is 8.42 Å². The van der Waals surface area contributed by atoms with Gasteiger partial charge in [0.25, 0.3) is 10.0 Å². The number of hydrogen-bond donors (Lipinski definition) is 2. The average Bonchev–Trinajstić information content (AvgIpc) is 3.15. The van der Waals surface area contributed by atoms with Gasteiger partial charge in [-0.15, -0.1) is 0 Å². The number of nitrogens with one attached hydrogen (secondary N) is 2. The van der Waals surface area contributed by atoms with Crippen molar-refractivity contribution in [3.8, 4) is 0 Å². The maximum absolute atomic E-state index is 12.2. The maximum atomic E-state index is 12.2. The van der Waals surface area contributed by atoms with Crippen LogP contribution in [-0.2, 0) is 16.6 Å². The average molecular weight is 306 g/mol. The van der Waals surface area contributed by atoms with Crippen molar-refractivity contribution >= 4 is 15.7 Å². The van der Waals surface area contributed by atoms with E-state index in [1.165, 1.54) is 18.9 Å². The van der Waals surface area contributed by atoms with Gasteiger partial charge in [0.15, 0.2) is 0 Å². The quantitative estimate of drug-likeness (QED) is 0.860. The van der Waals surface area contributed by atoms with Gasteiger partial charge in [0.2, 0.25) is 5.09 Å². The molecule has 1 aliphatic rings. The second-order valence-corrected chi connectivity index (χ2v) is 6.96. The molecular formula is C15H18N2O3S. The predicted molar refractivity (Wildman–Crippen MR) is 80.6 cm³/mol. The zero-order valence-electron chi connectivity index (χ0n) is 11.8. The molecule has 1 saturated carbocycles. The molecule has 0 aliphatic heterocycles. The van der Waals surface area contributed by atoms with E-state index in [1.807, 2.05) is 19.1 Å². The summed E-state index contributed by atoms with van der Waals surface area (Å²) in [6.07, 6.45) is 2.36. The Morgan fingerprint density at radius 1 is 1.14 bits per heavy atom. The van der Waals surface area contributed by atoms with Crippen LogP contribution in [-0.4, -0.2) is 14.5 Å². The van der Waals surface area contributed by atoms with E-state index < -0.39 is 10.0 Å². The van der Waals surface area contributed by atoms with E-state index in [1.54, 1.807) is 18.2 Å². The van der Waals surface area contributed by atoms with Crippen LogP contribution in [0.4, 0.5) is 5.69 Å². The Labute approximate surface area is 124 Å². The van der Waals surface area contributed by atoms with Gasteiger partial charge < -0.3 is 9.73 Å². The highest BCUT2D eigenvalue weighted by atomic mass is 32.2. The van der Waals surface area contributed by atoms with Crippen LogP contribution in [0.25, 0.3) is 0 Å². The summed E-state index contributed by atoms with van der Waals surface area (Å²) in [5.41, 5.74) is 1.60. The second-order valence-electron chi connectivity index (χ2n) is 5.35. The number of anilines is 1. The van der Waals surface area contributed by atoms with Gasteiger partial charge in [-0.25, -0.2) is 0 Å². The van der Waals surface area contributed by atoms with Crippen LogP contribution in [0.1, 0.15) is 24.2 Å². The molecule has 2 aromatic rings. The maximum Gasteiger partial charge on any atom is 0.295 e. The van der Waals surface area contributed by atoms with E-state index in [2.05, 4.69) is 10.0 Å². The minimum atomic E-state index is -3.67. The fourth-order valence-electron chi connectivity index (χ4n) is 1.96. The van der Waals surface area contributed by atoms with Gasteiger partial charge in [-0.1, -0.05) is 17.7 Å². The fraction of sp³-hybridized carbons (Fsp3) is 0.333. The number of sulfonamides is 1. The van der Waals surface area contributed by atoms with Crippen molar-refractivity contribution in [2.24, 2.45) is 0 Å². The highest BCUT2D eigenvalue weighted by Crippen LogP contribution is 2.21. The largest absolute Gasteiger partial charge is 0.446 e. The molecule has 0 amide bonds. The fourth-order valence-corrected chi connectivity index (χ4v) is 2.97. The summed E-state index contributed by atoms with van der Waals surface area (Å²) in [5, 5.41) is 3.23. The molecule has 21 heavy (non-hydrogen) atoms. The van der Waals surface area contributed by atoms with Crippen molar-refractivity contribution in [3.05, 3.63) is 47.7 Å². The van der Waals surface area contributed by atoms with E-state index in [4.69, 9.17) is 4.42 Å². The molecule has 1 aromatic carbocycles. The first-order valence-corrected chi connectivity index (χ1v) is 8.43. The summed E-state index contributed by atoms with van der Waals surface area (Å²) >= 11 is 0.